The number of carbonyl (C=O) groups excluding carboxylic acids is 1. The molecule has 0 aliphatic heterocycles. The Morgan fingerprint density at radius 3 is 2.12 bits per heavy atom. The molecule has 0 saturated carbocycles. The zero-order chi connectivity index (χ0) is 12.0. The minimum atomic E-state index is -0.368. The first-order valence-corrected chi connectivity index (χ1v) is 4.92. The third-order valence-corrected chi connectivity index (χ3v) is 2.26. The fourth-order valence-electron chi connectivity index (χ4n) is 1.40. The van der Waals surface area contributed by atoms with Gasteiger partial charge in [-0.05, 0) is 5.56 Å². The van der Waals surface area contributed by atoms with E-state index in [9.17, 15) is 4.79 Å². The number of hydrogen-bond acceptors (Lipinski definition) is 4. The summed E-state index contributed by atoms with van der Waals surface area (Å²) in [5.74, 6) is -0.247. The Hall–Kier alpha value is -1.39. The van der Waals surface area contributed by atoms with Crippen molar-refractivity contribution in [2.75, 3.05) is 21.3 Å². The lowest BCUT2D eigenvalue weighted by Gasteiger charge is -2.13. The van der Waals surface area contributed by atoms with E-state index in [1.807, 2.05) is 24.3 Å². The van der Waals surface area contributed by atoms with Crippen molar-refractivity contribution in [1.29, 1.82) is 0 Å². The van der Waals surface area contributed by atoms with Crippen LogP contribution in [0, 0.1) is 0 Å². The van der Waals surface area contributed by atoms with Crippen LogP contribution < -0.4 is 0 Å². The van der Waals surface area contributed by atoms with Crippen molar-refractivity contribution in [2.24, 2.45) is 0 Å². The molecule has 16 heavy (non-hydrogen) atoms. The maximum Gasteiger partial charge on any atom is 0.309 e. The molecule has 88 valence electrons. The average Bonchev–Trinajstić information content (AvgIpc) is 2.32. The lowest BCUT2D eigenvalue weighted by molar-refractivity contribution is -0.139. The fraction of sp³-hybridized carbons (Fsp3) is 0.417. The smallest absolute Gasteiger partial charge is 0.309 e. The van der Waals surface area contributed by atoms with Gasteiger partial charge >= 0.3 is 5.97 Å². The highest BCUT2D eigenvalue weighted by Gasteiger charge is 2.09. The molecule has 0 saturated heterocycles. The molecule has 0 fully saturated rings. The van der Waals surface area contributed by atoms with E-state index in [1.54, 1.807) is 14.2 Å². The van der Waals surface area contributed by atoms with E-state index >= 15 is 0 Å². The molecule has 0 N–H and O–H groups in total. The monoisotopic (exact) mass is 224 g/mol. The van der Waals surface area contributed by atoms with Crippen LogP contribution in [0.15, 0.2) is 24.3 Å². The topological polar surface area (TPSA) is 44.8 Å². The average molecular weight is 224 g/mol. The number of esters is 1. The van der Waals surface area contributed by atoms with E-state index in [0.717, 1.165) is 11.1 Å². The summed E-state index contributed by atoms with van der Waals surface area (Å²) in [5.41, 5.74) is 1.82. The van der Waals surface area contributed by atoms with Crippen LogP contribution in [-0.2, 0) is 25.4 Å². The summed E-state index contributed by atoms with van der Waals surface area (Å²) < 4.78 is 14.8. The summed E-state index contributed by atoms with van der Waals surface area (Å²) >= 11 is 0. The zero-order valence-corrected chi connectivity index (χ0v) is 9.73. The van der Waals surface area contributed by atoms with E-state index in [0.29, 0.717) is 0 Å². The lowest BCUT2D eigenvalue weighted by atomic mass is 10.1. The molecule has 0 bridgehead atoms. The first-order valence-electron chi connectivity index (χ1n) is 4.92. The standard InChI is InChI=1S/C12H16O4/c1-14-11(13)8-9-4-6-10(7-5-9)12(15-2)16-3/h4-7,12H,8H2,1-3H3. The van der Waals surface area contributed by atoms with Gasteiger partial charge in [0.25, 0.3) is 0 Å². The molecule has 0 radical (unpaired) electrons. The molecule has 0 spiro atoms. The molecule has 1 aromatic rings. The first-order chi connectivity index (χ1) is 7.71. The van der Waals surface area contributed by atoms with E-state index in [1.165, 1.54) is 7.11 Å². The Morgan fingerprint density at radius 2 is 1.69 bits per heavy atom. The molecule has 0 amide bonds. The zero-order valence-electron chi connectivity index (χ0n) is 9.73. The maximum atomic E-state index is 11.0. The lowest BCUT2D eigenvalue weighted by Crippen LogP contribution is -2.06. The van der Waals surface area contributed by atoms with Gasteiger partial charge < -0.3 is 14.2 Å². The van der Waals surface area contributed by atoms with Crippen LogP contribution in [0.4, 0.5) is 0 Å². The van der Waals surface area contributed by atoms with Crippen molar-refractivity contribution in [2.45, 2.75) is 12.7 Å². The molecular formula is C12H16O4. The highest BCUT2D eigenvalue weighted by molar-refractivity contribution is 5.72. The quantitative estimate of drug-likeness (QED) is 0.564. The van der Waals surface area contributed by atoms with Crippen molar-refractivity contribution in [3.05, 3.63) is 35.4 Å². The molecule has 0 unspecified atom stereocenters. The van der Waals surface area contributed by atoms with E-state index < -0.39 is 0 Å². The second-order valence-electron chi connectivity index (χ2n) is 3.30. The Morgan fingerprint density at radius 1 is 1.12 bits per heavy atom. The van der Waals surface area contributed by atoms with Gasteiger partial charge in [0.1, 0.15) is 0 Å². The highest BCUT2D eigenvalue weighted by Crippen LogP contribution is 2.17. The van der Waals surface area contributed by atoms with Crippen molar-refractivity contribution >= 4 is 5.97 Å². The number of rotatable bonds is 5. The number of methoxy groups -OCH3 is 3. The summed E-state index contributed by atoms with van der Waals surface area (Å²) in [6, 6.07) is 7.46. The van der Waals surface area contributed by atoms with Gasteiger partial charge in [0, 0.05) is 19.8 Å². The number of hydrogen-bond donors (Lipinski definition) is 0. The van der Waals surface area contributed by atoms with Gasteiger partial charge in [-0.1, -0.05) is 24.3 Å². The fourth-order valence-corrected chi connectivity index (χ4v) is 1.40. The van der Waals surface area contributed by atoms with Crippen LogP contribution >= 0.6 is 0 Å². The van der Waals surface area contributed by atoms with Gasteiger partial charge in [0.05, 0.1) is 13.5 Å². The van der Waals surface area contributed by atoms with Crippen LogP contribution in [0.25, 0.3) is 0 Å². The maximum absolute atomic E-state index is 11.0. The van der Waals surface area contributed by atoms with Crippen LogP contribution in [0.3, 0.4) is 0 Å². The summed E-state index contributed by atoms with van der Waals surface area (Å²) in [7, 11) is 4.54. The molecule has 4 nitrogen and oxygen atoms in total. The molecule has 1 aromatic carbocycles. The van der Waals surface area contributed by atoms with Crippen LogP contribution in [-0.4, -0.2) is 27.3 Å². The second kappa shape index (κ2) is 6.25. The molecule has 0 heterocycles. The molecule has 0 aromatic heterocycles. The van der Waals surface area contributed by atoms with Gasteiger partial charge in [-0.25, -0.2) is 0 Å². The summed E-state index contributed by atoms with van der Waals surface area (Å²) in [6.07, 6.45) is -0.0892. The van der Waals surface area contributed by atoms with Gasteiger partial charge in [0.15, 0.2) is 6.29 Å². The molecule has 0 aliphatic rings. The van der Waals surface area contributed by atoms with Crippen LogP contribution in [0.2, 0.25) is 0 Å². The van der Waals surface area contributed by atoms with E-state index in [-0.39, 0.29) is 18.7 Å². The summed E-state index contributed by atoms with van der Waals surface area (Å²) in [4.78, 5) is 11.0. The minimum Gasteiger partial charge on any atom is -0.469 e. The first kappa shape index (κ1) is 12.7. The predicted molar refractivity (Wildman–Crippen MR) is 58.9 cm³/mol. The highest BCUT2D eigenvalue weighted by atomic mass is 16.7. The Kier molecular flexibility index (Phi) is 4.95. The van der Waals surface area contributed by atoms with Crippen molar-refractivity contribution in [3.63, 3.8) is 0 Å². The van der Waals surface area contributed by atoms with Gasteiger partial charge in [-0.3, -0.25) is 4.79 Å². The largest absolute Gasteiger partial charge is 0.469 e. The number of benzene rings is 1. The van der Waals surface area contributed by atoms with Crippen molar-refractivity contribution in [1.82, 2.24) is 0 Å². The molecular weight excluding hydrogens is 208 g/mol. The van der Waals surface area contributed by atoms with Gasteiger partial charge in [-0.2, -0.15) is 0 Å². The SMILES string of the molecule is COC(=O)Cc1ccc(C(OC)OC)cc1. The van der Waals surface area contributed by atoms with Gasteiger partial charge in [-0.15, -0.1) is 0 Å². The number of carbonyl (C=O) groups is 1. The predicted octanol–water partition coefficient (Wildman–Crippen LogP) is 1.69. The van der Waals surface area contributed by atoms with Crippen molar-refractivity contribution < 1.29 is 19.0 Å². The minimum absolute atomic E-state index is 0.247. The van der Waals surface area contributed by atoms with Crippen molar-refractivity contribution in [3.8, 4) is 0 Å². The van der Waals surface area contributed by atoms with Gasteiger partial charge in [0.2, 0.25) is 0 Å². The summed E-state index contributed by atoms with van der Waals surface area (Å²) in [6.45, 7) is 0. The Bertz CT molecular complexity index is 327. The van der Waals surface area contributed by atoms with E-state index in [4.69, 9.17) is 9.47 Å². The molecule has 0 atom stereocenters. The summed E-state index contributed by atoms with van der Waals surface area (Å²) in [5, 5.41) is 0. The normalized spacial score (nSPS) is 10.5. The third kappa shape index (κ3) is 3.32. The number of ether oxygens (including phenoxy) is 3. The molecule has 0 aliphatic carbocycles. The third-order valence-electron chi connectivity index (χ3n) is 2.26. The second-order valence-corrected chi connectivity index (χ2v) is 3.30. The van der Waals surface area contributed by atoms with Crippen LogP contribution in [0.1, 0.15) is 17.4 Å². The Labute approximate surface area is 95.1 Å². The van der Waals surface area contributed by atoms with E-state index in [2.05, 4.69) is 4.74 Å². The van der Waals surface area contributed by atoms with Crippen LogP contribution in [0.5, 0.6) is 0 Å². The molecule has 4 heteroatoms. The molecule has 1 rings (SSSR count). The Balaban J connectivity index is 2.70.